The lowest BCUT2D eigenvalue weighted by Crippen LogP contribution is -2.54. The zero-order valence-electron chi connectivity index (χ0n) is 15.1. The van der Waals surface area contributed by atoms with Crippen LogP contribution in [0.5, 0.6) is 0 Å². The molecule has 0 aromatic heterocycles. The highest BCUT2D eigenvalue weighted by molar-refractivity contribution is 5.81. The van der Waals surface area contributed by atoms with Crippen LogP contribution in [0.15, 0.2) is 24.3 Å². The predicted molar refractivity (Wildman–Crippen MR) is 95.7 cm³/mol. The Balaban J connectivity index is 1.51. The first-order chi connectivity index (χ1) is 12.1. The van der Waals surface area contributed by atoms with Crippen molar-refractivity contribution in [1.82, 2.24) is 9.80 Å². The summed E-state index contributed by atoms with van der Waals surface area (Å²) in [6.07, 6.45) is 2.08. The van der Waals surface area contributed by atoms with Gasteiger partial charge in [0.2, 0.25) is 0 Å². The van der Waals surface area contributed by atoms with Gasteiger partial charge in [0.15, 0.2) is 0 Å². The molecule has 5 heteroatoms. The van der Waals surface area contributed by atoms with Crippen LogP contribution in [0.25, 0.3) is 0 Å². The number of ether oxygens (including phenoxy) is 1. The van der Waals surface area contributed by atoms with Gasteiger partial charge in [-0.2, -0.15) is 5.26 Å². The normalized spacial score (nSPS) is 25.8. The molecule has 1 amide bonds. The summed E-state index contributed by atoms with van der Waals surface area (Å²) in [4.78, 5) is 16.5. The maximum atomic E-state index is 12.1. The molecule has 1 aromatic rings. The first-order valence-electron chi connectivity index (χ1n) is 9.26. The number of likely N-dealkylation sites (tertiary alicyclic amines) is 1. The third-order valence-corrected chi connectivity index (χ3v) is 5.47. The van der Waals surface area contributed by atoms with Crippen LogP contribution in [0.4, 0.5) is 0 Å². The minimum atomic E-state index is -0.310. The summed E-state index contributed by atoms with van der Waals surface area (Å²) in [7, 11) is 0. The molecule has 2 saturated heterocycles. The highest BCUT2D eigenvalue weighted by atomic mass is 16.5. The molecule has 0 spiro atoms. The van der Waals surface area contributed by atoms with Crippen LogP contribution in [0.1, 0.15) is 37.8 Å². The van der Waals surface area contributed by atoms with Crippen LogP contribution in [0, 0.1) is 17.2 Å². The third-order valence-electron chi connectivity index (χ3n) is 5.47. The molecule has 0 N–H and O–H groups in total. The van der Waals surface area contributed by atoms with Crippen molar-refractivity contribution in [3.8, 4) is 6.07 Å². The highest BCUT2D eigenvalue weighted by Gasteiger charge is 2.36. The number of benzene rings is 1. The van der Waals surface area contributed by atoms with Crippen LogP contribution < -0.4 is 0 Å². The molecule has 3 rings (SSSR count). The van der Waals surface area contributed by atoms with Crippen molar-refractivity contribution in [2.45, 2.75) is 45.4 Å². The van der Waals surface area contributed by atoms with Gasteiger partial charge in [-0.15, -0.1) is 0 Å². The molecule has 0 saturated carbocycles. The number of rotatable bonds is 4. The monoisotopic (exact) mass is 341 g/mol. The molecule has 2 fully saturated rings. The number of amides is 1. The number of hydrogen-bond donors (Lipinski definition) is 0. The van der Waals surface area contributed by atoms with Crippen molar-refractivity contribution < 1.29 is 9.53 Å². The van der Waals surface area contributed by atoms with Crippen molar-refractivity contribution >= 4 is 5.91 Å². The molecule has 0 bridgehead atoms. The average molecular weight is 341 g/mol. The van der Waals surface area contributed by atoms with Gasteiger partial charge in [-0.1, -0.05) is 12.1 Å². The SMILES string of the molecule is CCN1C[C@H](C2CCN(Cc3ccc(C#N)cc3)CC2)O[C@H](C)C1=O. The highest BCUT2D eigenvalue weighted by Crippen LogP contribution is 2.28. The minimum absolute atomic E-state index is 0.122. The van der Waals surface area contributed by atoms with E-state index in [9.17, 15) is 4.79 Å². The summed E-state index contributed by atoms with van der Waals surface area (Å²) in [6.45, 7) is 8.45. The second-order valence-corrected chi connectivity index (χ2v) is 7.12. The van der Waals surface area contributed by atoms with Gasteiger partial charge >= 0.3 is 0 Å². The van der Waals surface area contributed by atoms with Gasteiger partial charge < -0.3 is 9.64 Å². The molecular formula is C20H27N3O2. The molecule has 0 aliphatic carbocycles. The van der Waals surface area contributed by atoms with E-state index in [2.05, 4.69) is 11.0 Å². The molecule has 2 aliphatic heterocycles. The molecule has 134 valence electrons. The van der Waals surface area contributed by atoms with E-state index in [4.69, 9.17) is 10.00 Å². The van der Waals surface area contributed by atoms with E-state index in [1.165, 1.54) is 5.56 Å². The van der Waals surface area contributed by atoms with E-state index < -0.39 is 0 Å². The van der Waals surface area contributed by atoms with Gasteiger partial charge in [-0.25, -0.2) is 0 Å². The third kappa shape index (κ3) is 4.20. The standard InChI is InChI=1S/C20H27N3O2/c1-3-23-14-19(25-15(2)20(23)24)18-8-10-22(11-9-18)13-17-6-4-16(12-21)5-7-17/h4-7,15,18-19H,3,8-11,13-14H2,1-2H3/t15-,19-/m1/s1. The zero-order valence-corrected chi connectivity index (χ0v) is 15.1. The minimum Gasteiger partial charge on any atom is -0.363 e. The van der Waals surface area contributed by atoms with E-state index in [1.54, 1.807) is 0 Å². The summed E-state index contributed by atoms with van der Waals surface area (Å²) < 4.78 is 6.01. The molecule has 2 atom stereocenters. The maximum absolute atomic E-state index is 12.1. The fourth-order valence-electron chi connectivity index (χ4n) is 3.90. The summed E-state index contributed by atoms with van der Waals surface area (Å²) >= 11 is 0. The number of carbonyl (C=O) groups is 1. The second-order valence-electron chi connectivity index (χ2n) is 7.12. The summed E-state index contributed by atoms with van der Waals surface area (Å²) in [6, 6.07) is 10.0. The van der Waals surface area contributed by atoms with Gasteiger partial charge in [0.05, 0.1) is 17.7 Å². The smallest absolute Gasteiger partial charge is 0.251 e. The van der Waals surface area contributed by atoms with Crippen molar-refractivity contribution in [2.75, 3.05) is 26.2 Å². The Labute approximate surface area is 150 Å². The van der Waals surface area contributed by atoms with Gasteiger partial charge in [0.1, 0.15) is 6.10 Å². The van der Waals surface area contributed by atoms with Crippen molar-refractivity contribution in [3.63, 3.8) is 0 Å². The van der Waals surface area contributed by atoms with Gasteiger partial charge in [-0.05, 0) is 63.4 Å². The Morgan fingerprint density at radius 1 is 1.24 bits per heavy atom. The number of morpholine rings is 1. The molecule has 2 aliphatic rings. The molecular weight excluding hydrogens is 314 g/mol. The van der Waals surface area contributed by atoms with E-state index >= 15 is 0 Å². The number of nitriles is 1. The first kappa shape index (κ1) is 17.9. The number of nitrogens with zero attached hydrogens (tertiary/aromatic N) is 3. The lowest BCUT2D eigenvalue weighted by molar-refractivity contribution is -0.166. The van der Waals surface area contributed by atoms with Crippen molar-refractivity contribution in [3.05, 3.63) is 35.4 Å². The lowest BCUT2D eigenvalue weighted by Gasteiger charge is -2.42. The number of piperidine rings is 1. The van der Waals surface area contributed by atoms with Crippen LogP contribution in [0.3, 0.4) is 0 Å². The zero-order chi connectivity index (χ0) is 17.8. The van der Waals surface area contributed by atoms with Crippen LogP contribution >= 0.6 is 0 Å². The maximum Gasteiger partial charge on any atom is 0.251 e. The van der Waals surface area contributed by atoms with Crippen LogP contribution in [-0.4, -0.2) is 54.1 Å². The van der Waals surface area contributed by atoms with E-state index in [0.717, 1.165) is 45.6 Å². The first-order valence-corrected chi connectivity index (χ1v) is 9.26. The second kappa shape index (κ2) is 7.99. The molecule has 0 radical (unpaired) electrons. The Hall–Kier alpha value is -1.90. The van der Waals surface area contributed by atoms with Gasteiger partial charge in [0.25, 0.3) is 5.91 Å². The van der Waals surface area contributed by atoms with Gasteiger partial charge in [-0.3, -0.25) is 9.69 Å². The lowest BCUT2D eigenvalue weighted by atomic mass is 9.89. The van der Waals surface area contributed by atoms with E-state index in [0.29, 0.717) is 11.5 Å². The fourth-order valence-corrected chi connectivity index (χ4v) is 3.90. The fraction of sp³-hybridized carbons (Fsp3) is 0.600. The Kier molecular flexibility index (Phi) is 5.72. The quantitative estimate of drug-likeness (QED) is 0.844. The Morgan fingerprint density at radius 2 is 1.92 bits per heavy atom. The molecule has 25 heavy (non-hydrogen) atoms. The summed E-state index contributed by atoms with van der Waals surface area (Å²) in [5.74, 6) is 0.652. The molecule has 1 aromatic carbocycles. The van der Waals surface area contributed by atoms with Gasteiger partial charge in [0, 0.05) is 19.6 Å². The Bertz CT molecular complexity index is 629. The predicted octanol–water partition coefficient (Wildman–Crippen LogP) is 2.41. The molecule has 0 unspecified atom stereocenters. The topological polar surface area (TPSA) is 56.6 Å². The van der Waals surface area contributed by atoms with Crippen molar-refractivity contribution in [2.24, 2.45) is 5.92 Å². The molecule has 2 heterocycles. The number of carbonyl (C=O) groups excluding carboxylic acids is 1. The summed E-state index contributed by atoms with van der Waals surface area (Å²) in [5.41, 5.74) is 1.96. The largest absolute Gasteiger partial charge is 0.363 e. The van der Waals surface area contributed by atoms with Crippen molar-refractivity contribution in [1.29, 1.82) is 5.26 Å². The van der Waals surface area contributed by atoms with Crippen LogP contribution in [0.2, 0.25) is 0 Å². The summed E-state index contributed by atoms with van der Waals surface area (Å²) in [5, 5.41) is 8.88. The average Bonchev–Trinajstić information content (AvgIpc) is 2.65. The number of likely N-dealkylation sites (N-methyl/N-ethyl adjacent to an activating group) is 1. The van der Waals surface area contributed by atoms with Crippen LogP contribution in [-0.2, 0) is 16.1 Å². The van der Waals surface area contributed by atoms with E-state index in [1.807, 2.05) is 43.0 Å². The van der Waals surface area contributed by atoms with E-state index in [-0.39, 0.29) is 18.1 Å². The molecule has 5 nitrogen and oxygen atoms in total. The number of hydrogen-bond acceptors (Lipinski definition) is 4. The Morgan fingerprint density at radius 3 is 2.52 bits per heavy atom.